The Kier molecular flexibility index (Phi) is 13.3. The highest BCUT2D eigenvalue weighted by Crippen LogP contribution is 2.74. The van der Waals surface area contributed by atoms with Crippen LogP contribution < -0.4 is 30.4 Å². The van der Waals surface area contributed by atoms with E-state index in [1.165, 1.54) is 67.7 Å². The monoisotopic (exact) mass is 1250 g/mol. The summed E-state index contributed by atoms with van der Waals surface area (Å²) in [7, 11) is -2.31. The number of anilines is 9. The van der Waals surface area contributed by atoms with E-state index in [-0.39, 0.29) is 23.0 Å². The molecular weight excluding hydrogens is 1180 g/mol. The van der Waals surface area contributed by atoms with Crippen LogP contribution in [0, 0.1) is 0 Å². The minimum atomic E-state index is -2.31. The van der Waals surface area contributed by atoms with Gasteiger partial charge in [0.2, 0.25) is 0 Å². The Bertz CT molecular complexity index is 5310. The molecular formula is C86H72BN3O2S2. The molecule has 17 rings (SSSR count). The molecule has 5 heterocycles. The molecule has 0 fully saturated rings. The molecule has 0 radical (unpaired) electrons. The molecule has 3 aromatic heterocycles. The van der Waals surface area contributed by atoms with E-state index in [4.69, 9.17) is 8.83 Å². The molecule has 15 aromatic rings. The number of para-hydroxylation sites is 2. The summed E-state index contributed by atoms with van der Waals surface area (Å²) in [5.41, 5.74) is 19.4. The van der Waals surface area contributed by atoms with E-state index in [2.05, 4.69) is 350 Å². The zero-order valence-electron chi connectivity index (χ0n) is 54.5. The molecule has 0 atom stereocenters. The van der Waals surface area contributed by atoms with Crippen molar-refractivity contribution in [3.8, 4) is 0 Å². The van der Waals surface area contributed by atoms with Crippen LogP contribution in [0.4, 0.5) is 51.2 Å². The van der Waals surface area contributed by atoms with Crippen LogP contribution >= 0.6 is 21.4 Å². The quantitative estimate of drug-likeness (QED) is 0.135. The largest absolute Gasteiger partial charge is 0.456 e. The molecule has 2 aliphatic heterocycles. The first-order chi connectivity index (χ1) is 45.5. The number of rotatable bonds is 9. The number of fused-ring (bicyclic) bond motifs is 12. The number of thiophene rings is 1. The highest BCUT2D eigenvalue weighted by molar-refractivity contribution is 8.34. The molecule has 0 aliphatic carbocycles. The second-order valence-corrected chi connectivity index (χ2v) is 32.7. The normalized spacial score (nSPS) is 13.5. The summed E-state index contributed by atoms with van der Waals surface area (Å²) in [6.45, 7) is 20.6. The number of furan rings is 2. The number of benzene rings is 12. The number of hydrogen-bond donors (Lipinski definition) is 0. The van der Waals surface area contributed by atoms with Crippen molar-refractivity contribution in [3.63, 3.8) is 0 Å². The fourth-order valence-corrected chi connectivity index (χ4v) is 20.0. The summed E-state index contributed by atoms with van der Waals surface area (Å²) < 4.78 is 16.4. The molecule has 0 amide bonds. The van der Waals surface area contributed by atoms with Gasteiger partial charge in [0.25, 0.3) is 6.71 Å². The molecule has 0 saturated carbocycles. The topological polar surface area (TPSA) is 36.0 Å². The average molecular weight is 1250 g/mol. The Hall–Kier alpha value is -9.99. The average Bonchev–Trinajstić information content (AvgIpc) is 1.25. The van der Waals surface area contributed by atoms with Crippen LogP contribution in [0.5, 0.6) is 0 Å². The van der Waals surface area contributed by atoms with Gasteiger partial charge in [0.15, 0.2) is 0 Å². The van der Waals surface area contributed by atoms with Crippen molar-refractivity contribution in [1.82, 2.24) is 0 Å². The van der Waals surface area contributed by atoms with Gasteiger partial charge in [-0.05, 0) is 177 Å². The molecule has 0 N–H and O–H groups in total. The van der Waals surface area contributed by atoms with Crippen molar-refractivity contribution in [2.75, 3.05) is 14.7 Å². The zero-order valence-corrected chi connectivity index (χ0v) is 56.2. The van der Waals surface area contributed by atoms with Crippen LogP contribution in [0.15, 0.2) is 301 Å². The van der Waals surface area contributed by atoms with Crippen molar-refractivity contribution in [2.24, 2.45) is 0 Å². The molecule has 0 spiro atoms. The fourth-order valence-electron chi connectivity index (χ4n) is 14.8. The minimum absolute atomic E-state index is 0.0214. The second kappa shape index (κ2) is 21.5. The predicted molar refractivity (Wildman–Crippen MR) is 401 cm³/mol. The van der Waals surface area contributed by atoms with Gasteiger partial charge < -0.3 is 23.5 Å². The van der Waals surface area contributed by atoms with Crippen molar-refractivity contribution < 1.29 is 8.83 Å². The van der Waals surface area contributed by atoms with Crippen molar-refractivity contribution in [2.45, 2.75) is 98.1 Å². The van der Waals surface area contributed by atoms with E-state index in [1.807, 2.05) is 11.3 Å². The molecule has 458 valence electrons. The van der Waals surface area contributed by atoms with Gasteiger partial charge in [0.05, 0.1) is 5.69 Å². The van der Waals surface area contributed by atoms with Crippen molar-refractivity contribution in [1.29, 1.82) is 0 Å². The molecule has 5 nitrogen and oxygen atoms in total. The van der Waals surface area contributed by atoms with Crippen molar-refractivity contribution >= 4 is 149 Å². The first-order valence-corrected chi connectivity index (χ1v) is 35.3. The summed E-state index contributed by atoms with van der Waals surface area (Å²) in [5.74, 6) is 0. The maximum absolute atomic E-state index is 6.93. The first-order valence-electron chi connectivity index (χ1n) is 32.8. The van der Waals surface area contributed by atoms with E-state index < -0.39 is 10.0 Å². The maximum atomic E-state index is 6.93. The number of nitrogens with zero attached hydrogens (tertiary/aromatic N) is 3. The summed E-state index contributed by atoms with van der Waals surface area (Å²) in [6.07, 6.45) is 0. The fraction of sp³-hybridized carbons (Fsp3) is 0.140. The highest BCUT2D eigenvalue weighted by Gasteiger charge is 2.48. The van der Waals surface area contributed by atoms with Gasteiger partial charge in [-0.15, -0.1) is 21.4 Å². The zero-order chi connectivity index (χ0) is 64.0. The van der Waals surface area contributed by atoms with E-state index in [1.54, 1.807) is 0 Å². The molecule has 94 heavy (non-hydrogen) atoms. The lowest BCUT2D eigenvalue weighted by molar-refractivity contribution is 0.590. The standard InChI is InChI=1S/C86H72BN3O2S2/c1-84(2,3)55-33-38-58(39-34-55)88(59-40-35-56(36-41-59)85(4,5)6)60-44-47-72-73(50-60)89(61-42-45-69-67-29-19-21-31-76(67)91-78(69)51-61)74-53-66(94(63-23-13-10-14-24-63,64-25-15-11-16-26-64)65-27-17-12-18-28-65)54-75-81(74)87(72)83-82(71-49-57(86(7,8)9)37-48-80(71)93-83)90(75)62-43-46-70-68-30-20-22-32-77(68)92-79(70)52-62/h10-54H,1-9H3. The third-order valence-electron chi connectivity index (χ3n) is 19.6. The lowest BCUT2D eigenvalue weighted by atomic mass is 9.36. The highest BCUT2D eigenvalue weighted by atomic mass is 32.3. The van der Waals surface area contributed by atoms with Crippen LogP contribution in [-0.2, 0) is 16.2 Å². The van der Waals surface area contributed by atoms with Gasteiger partial charge in [-0.25, -0.2) is 0 Å². The smallest absolute Gasteiger partial charge is 0.264 e. The Morgan fingerprint density at radius 1 is 0.351 bits per heavy atom. The van der Waals surface area contributed by atoms with Crippen LogP contribution in [-0.4, -0.2) is 6.71 Å². The molecule has 8 heteroatoms. The number of hydrogen-bond acceptors (Lipinski definition) is 6. The third kappa shape index (κ3) is 9.19. The van der Waals surface area contributed by atoms with Gasteiger partial charge >= 0.3 is 0 Å². The Morgan fingerprint density at radius 2 is 0.787 bits per heavy atom. The van der Waals surface area contributed by atoms with Crippen molar-refractivity contribution in [3.05, 3.63) is 290 Å². The summed E-state index contributed by atoms with van der Waals surface area (Å²) in [4.78, 5) is 12.6. The maximum Gasteiger partial charge on any atom is 0.264 e. The Balaban J connectivity index is 1.03. The second-order valence-electron chi connectivity index (χ2n) is 28.5. The Labute approximate surface area is 556 Å². The lowest BCUT2D eigenvalue weighted by Gasteiger charge is -2.47. The van der Waals surface area contributed by atoms with Gasteiger partial charge in [-0.1, -0.05) is 190 Å². The summed E-state index contributed by atoms with van der Waals surface area (Å²) in [6, 6.07) is 103. The SMILES string of the molecule is CC(C)(C)c1ccc(N(c2ccc(C(C)(C)C)cc2)c2ccc3c(c2)N(c2ccc4c(c2)oc2ccccc24)c2cc(S(c4ccccc4)(c4ccccc4)c4ccccc4)cc4c2B3c2sc3ccc(C(C)(C)C)cc3c2N4c2ccc3c(c2)oc2ccccc23)cc1. The summed E-state index contributed by atoms with van der Waals surface area (Å²) in [5, 5.41) is 5.62. The van der Waals surface area contributed by atoms with Gasteiger partial charge in [0, 0.05) is 114 Å². The van der Waals surface area contributed by atoms with E-state index in [0.717, 1.165) is 89.4 Å². The lowest BCUT2D eigenvalue weighted by Crippen LogP contribution is -2.60. The first kappa shape index (κ1) is 57.9. The molecule has 2 aliphatic rings. The van der Waals surface area contributed by atoms with Crippen LogP contribution in [0.2, 0.25) is 0 Å². The van der Waals surface area contributed by atoms with E-state index in [9.17, 15) is 0 Å². The van der Waals surface area contributed by atoms with Gasteiger partial charge in [0.1, 0.15) is 22.3 Å². The van der Waals surface area contributed by atoms with Gasteiger partial charge in [-0.2, -0.15) is 0 Å². The van der Waals surface area contributed by atoms with E-state index in [0.29, 0.717) is 0 Å². The molecule has 0 unspecified atom stereocenters. The molecule has 0 bridgehead atoms. The summed E-state index contributed by atoms with van der Waals surface area (Å²) >= 11 is 1.94. The van der Waals surface area contributed by atoms with Crippen LogP contribution in [0.1, 0.15) is 79.0 Å². The molecule has 12 aromatic carbocycles. The van der Waals surface area contributed by atoms with Crippen LogP contribution in [0.25, 0.3) is 54.0 Å². The van der Waals surface area contributed by atoms with Crippen LogP contribution in [0.3, 0.4) is 0 Å². The van der Waals surface area contributed by atoms with Gasteiger partial charge in [-0.3, -0.25) is 0 Å². The molecule has 0 saturated heterocycles. The third-order valence-corrected chi connectivity index (χ3v) is 24.7. The Morgan fingerprint density at radius 3 is 1.29 bits per heavy atom. The minimum Gasteiger partial charge on any atom is -0.456 e. The van der Waals surface area contributed by atoms with E-state index >= 15 is 0 Å². The predicted octanol–water partition coefficient (Wildman–Crippen LogP) is 23.5.